The van der Waals surface area contributed by atoms with Gasteiger partial charge in [-0.1, -0.05) is 13.8 Å². The van der Waals surface area contributed by atoms with Gasteiger partial charge in [0, 0.05) is 19.1 Å². The molecule has 0 radical (unpaired) electrons. The summed E-state index contributed by atoms with van der Waals surface area (Å²) >= 11 is 0. The van der Waals surface area contributed by atoms with Crippen LogP contribution in [0.4, 0.5) is 0 Å². The average molecular weight is 318 g/mol. The molecule has 0 saturated carbocycles. The minimum Gasteiger partial charge on any atom is -0.465 e. The van der Waals surface area contributed by atoms with Gasteiger partial charge in [0.2, 0.25) is 10.0 Å². The number of aryl methyl sites for hydroxylation is 2. The second kappa shape index (κ2) is 7.06. The molecule has 0 unspecified atom stereocenters. The predicted molar refractivity (Wildman–Crippen MR) is 77.8 cm³/mol. The molecule has 1 aromatic heterocycles. The summed E-state index contributed by atoms with van der Waals surface area (Å²) in [6.45, 7) is 7.66. The first-order valence-corrected chi connectivity index (χ1v) is 8.10. The van der Waals surface area contributed by atoms with E-state index in [1.807, 2.05) is 13.8 Å². The smallest absolute Gasteiger partial charge is 0.342 e. The molecule has 2 N–H and O–H groups in total. The van der Waals surface area contributed by atoms with E-state index in [9.17, 15) is 13.2 Å². The number of sulfonamides is 1. The van der Waals surface area contributed by atoms with Gasteiger partial charge >= 0.3 is 5.97 Å². The highest BCUT2D eigenvalue weighted by molar-refractivity contribution is 7.89. The van der Waals surface area contributed by atoms with E-state index in [1.54, 1.807) is 0 Å². The molecule has 8 heteroatoms. The molecule has 0 aromatic carbocycles. The van der Waals surface area contributed by atoms with Crippen molar-refractivity contribution < 1.29 is 22.4 Å². The summed E-state index contributed by atoms with van der Waals surface area (Å²) in [5.74, 6) is -0.345. The molecule has 0 fully saturated rings. The minimum atomic E-state index is -3.84. The first-order chi connectivity index (χ1) is 9.70. The van der Waals surface area contributed by atoms with Crippen molar-refractivity contribution in [2.45, 2.75) is 38.6 Å². The molecular formula is C13H22N2O5S. The Morgan fingerprint density at radius 3 is 2.38 bits per heavy atom. The summed E-state index contributed by atoms with van der Waals surface area (Å²) in [6, 6.07) is 0.262. The summed E-state index contributed by atoms with van der Waals surface area (Å²) in [4.78, 5) is 11.6. The third-order valence-electron chi connectivity index (χ3n) is 2.83. The van der Waals surface area contributed by atoms with Gasteiger partial charge in [-0.2, -0.15) is 0 Å². The monoisotopic (exact) mass is 318 g/mol. The Labute approximate surface area is 125 Å². The highest BCUT2D eigenvalue weighted by Gasteiger charge is 2.31. The topological polar surface area (TPSA) is 97.6 Å². The highest BCUT2D eigenvalue weighted by atomic mass is 32.2. The Balaban J connectivity index is 3.00. The van der Waals surface area contributed by atoms with Crippen molar-refractivity contribution in [2.24, 2.45) is 0 Å². The van der Waals surface area contributed by atoms with Crippen molar-refractivity contribution in [1.82, 2.24) is 10.0 Å². The fourth-order valence-electron chi connectivity index (χ4n) is 1.94. The number of carbonyl (C=O) groups is 1. The van der Waals surface area contributed by atoms with Gasteiger partial charge in [0.25, 0.3) is 0 Å². The molecule has 0 aliphatic carbocycles. The molecular weight excluding hydrogens is 296 g/mol. The molecule has 1 heterocycles. The second-order valence-electron chi connectivity index (χ2n) is 4.92. The standard InChI is InChI=1S/C13H22N2O5S/c1-8(2)14-6-7-15-21(17,18)12-10(4)20-9(3)11(12)13(16)19-5/h8,14-15H,6-7H2,1-5H3. The van der Waals surface area contributed by atoms with Crippen LogP contribution in [0.25, 0.3) is 0 Å². The molecule has 0 spiro atoms. The zero-order chi connectivity index (χ0) is 16.2. The Morgan fingerprint density at radius 2 is 1.86 bits per heavy atom. The first kappa shape index (κ1) is 17.7. The summed E-state index contributed by atoms with van der Waals surface area (Å²) in [6.07, 6.45) is 0. The summed E-state index contributed by atoms with van der Waals surface area (Å²) in [5, 5.41) is 3.10. The number of furan rings is 1. The third kappa shape index (κ3) is 4.29. The van der Waals surface area contributed by atoms with Crippen molar-refractivity contribution >= 4 is 16.0 Å². The van der Waals surface area contributed by atoms with Crippen LogP contribution in [0.15, 0.2) is 9.31 Å². The number of rotatable bonds is 7. The van der Waals surface area contributed by atoms with Crippen molar-refractivity contribution in [3.8, 4) is 0 Å². The minimum absolute atomic E-state index is 0.0562. The molecule has 0 bridgehead atoms. The van der Waals surface area contributed by atoms with Gasteiger partial charge in [0.1, 0.15) is 22.0 Å². The van der Waals surface area contributed by atoms with Gasteiger partial charge < -0.3 is 14.5 Å². The van der Waals surface area contributed by atoms with Crippen LogP contribution in [-0.4, -0.2) is 40.6 Å². The lowest BCUT2D eigenvalue weighted by molar-refractivity contribution is 0.0595. The average Bonchev–Trinajstić information content (AvgIpc) is 2.69. The molecule has 1 aromatic rings. The van der Waals surface area contributed by atoms with Gasteiger partial charge in [0.15, 0.2) is 0 Å². The molecule has 0 aliphatic heterocycles. The lowest BCUT2D eigenvalue weighted by Gasteiger charge is -2.10. The molecule has 21 heavy (non-hydrogen) atoms. The predicted octanol–water partition coefficient (Wildman–Crippen LogP) is 0.959. The van der Waals surface area contributed by atoms with Gasteiger partial charge in [-0.25, -0.2) is 17.9 Å². The van der Waals surface area contributed by atoms with Crippen LogP contribution >= 0.6 is 0 Å². The maximum atomic E-state index is 12.3. The Kier molecular flexibility index (Phi) is 5.94. The van der Waals surface area contributed by atoms with Crippen molar-refractivity contribution in [2.75, 3.05) is 20.2 Å². The van der Waals surface area contributed by atoms with Crippen LogP contribution in [0, 0.1) is 13.8 Å². The third-order valence-corrected chi connectivity index (χ3v) is 4.45. The maximum absolute atomic E-state index is 12.3. The van der Waals surface area contributed by atoms with E-state index in [4.69, 9.17) is 4.42 Å². The van der Waals surface area contributed by atoms with E-state index in [0.717, 1.165) is 0 Å². The highest BCUT2D eigenvalue weighted by Crippen LogP contribution is 2.26. The summed E-state index contributed by atoms with van der Waals surface area (Å²) < 4.78 is 37.0. The fraction of sp³-hybridized carbons (Fsp3) is 0.615. The Hall–Kier alpha value is -1.38. The number of hydrogen-bond donors (Lipinski definition) is 2. The van der Waals surface area contributed by atoms with E-state index in [1.165, 1.54) is 21.0 Å². The molecule has 0 saturated heterocycles. The number of nitrogens with one attached hydrogen (secondary N) is 2. The number of carbonyl (C=O) groups excluding carboxylic acids is 1. The van der Waals surface area contributed by atoms with Gasteiger partial charge in [-0.15, -0.1) is 0 Å². The van der Waals surface area contributed by atoms with Crippen LogP contribution in [0.3, 0.4) is 0 Å². The van der Waals surface area contributed by atoms with Crippen LogP contribution in [0.5, 0.6) is 0 Å². The van der Waals surface area contributed by atoms with Crippen LogP contribution in [0.2, 0.25) is 0 Å². The summed E-state index contributed by atoms with van der Waals surface area (Å²) in [7, 11) is -2.64. The molecule has 0 aliphatic rings. The zero-order valence-corrected chi connectivity index (χ0v) is 13.8. The van der Waals surface area contributed by atoms with Crippen LogP contribution < -0.4 is 10.0 Å². The van der Waals surface area contributed by atoms with Crippen molar-refractivity contribution in [3.63, 3.8) is 0 Å². The lowest BCUT2D eigenvalue weighted by Crippen LogP contribution is -2.35. The van der Waals surface area contributed by atoms with E-state index >= 15 is 0 Å². The quantitative estimate of drug-likeness (QED) is 0.574. The second-order valence-corrected chi connectivity index (χ2v) is 6.62. The summed E-state index contributed by atoms with van der Waals surface area (Å²) in [5.41, 5.74) is -0.0562. The largest absolute Gasteiger partial charge is 0.465 e. The molecule has 0 amide bonds. The number of hydrogen-bond acceptors (Lipinski definition) is 6. The van der Waals surface area contributed by atoms with Gasteiger partial charge in [-0.3, -0.25) is 0 Å². The maximum Gasteiger partial charge on any atom is 0.342 e. The molecule has 7 nitrogen and oxygen atoms in total. The number of esters is 1. The number of ether oxygens (including phenoxy) is 1. The van der Waals surface area contributed by atoms with Crippen LogP contribution in [-0.2, 0) is 14.8 Å². The van der Waals surface area contributed by atoms with E-state index in [0.29, 0.717) is 6.54 Å². The van der Waals surface area contributed by atoms with Crippen molar-refractivity contribution in [3.05, 3.63) is 17.1 Å². The molecule has 0 atom stereocenters. The van der Waals surface area contributed by atoms with Crippen LogP contribution in [0.1, 0.15) is 35.7 Å². The van der Waals surface area contributed by atoms with E-state index in [2.05, 4.69) is 14.8 Å². The normalized spacial score (nSPS) is 11.9. The molecule has 120 valence electrons. The Morgan fingerprint density at radius 1 is 1.24 bits per heavy atom. The van der Waals surface area contributed by atoms with Gasteiger partial charge in [0.05, 0.1) is 7.11 Å². The zero-order valence-electron chi connectivity index (χ0n) is 12.9. The van der Waals surface area contributed by atoms with E-state index < -0.39 is 16.0 Å². The first-order valence-electron chi connectivity index (χ1n) is 6.62. The van der Waals surface area contributed by atoms with Crippen molar-refractivity contribution in [1.29, 1.82) is 0 Å². The fourth-order valence-corrected chi connectivity index (χ4v) is 3.37. The SMILES string of the molecule is COC(=O)c1c(C)oc(C)c1S(=O)(=O)NCCNC(C)C. The number of methoxy groups -OCH3 is 1. The van der Waals surface area contributed by atoms with Gasteiger partial charge in [-0.05, 0) is 13.8 Å². The lowest BCUT2D eigenvalue weighted by atomic mass is 10.2. The molecule has 1 rings (SSSR count). The Bertz CT molecular complexity index is 604. The van der Waals surface area contributed by atoms with E-state index in [-0.39, 0.29) is 34.6 Å².